The minimum Gasteiger partial charge on any atom is -0.508 e. The molecule has 0 amide bonds. The number of benzene rings is 2. The maximum Gasteiger partial charge on any atom is 0.121 e. The largest absolute Gasteiger partial charge is 0.508 e. The summed E-state index contributed by atoms with van der Waals surface area (Å²) in [5, 5.41) is 29.4. The average molecular weight is 313 g/mol. The van der Waals surface area contributed by atoms with Crippen molar-refractivity contribution in [2.75, 3.05) is 6.54 Å². The van der Waals surface area contributed by atoms with E-state index in [9.17, 15) is 15.3 Å². The fraction of sp³-hybridized carbons (Fsp3) is 0.368. The molecule has 0 aliphatic heterocycles. The van der Waals surface area contributed by atoms with Gasteiger partial charge < -0.3 is 15.3 Å². The van der Waals surface area contributed by atoms with Crippen LogP contribution in [0.3, 0.4) is 0 Å². The van der Waals surface area contributed by atoms with Crippen LogP contribution in [-0.4, -0.2) is 32.8 Å². The lowest BCUT2D eigenvalue weighted by Crippen LogP contribution is -2.30. The SMILES string of the molecule is OCc1cc(C(O)CN(Cc2ccccc2)C2CC2)ccc1O. The van der Waals surface area contributed by atoms with E-state index in [1.165, 1.54) is 24.5 Å². The van der Waals surface area contributed by atoms with Crippen LogP contribution >= 0.6 is 0 Å². The second kappa shape index (κ2) is 7.13. The van der Waals surface area contributed by atoms with Gasteiger partial charge in [0.05, 0.1) is 12.7 Å². The lowest BCUT2D eigenvalue weighted by Gasteiger charge is -2.25. The molecule has 1 saturated carbocycles. The number of rotatable bonds is 7. The molecular weight excluding hydrogens is 290 g/mol. The third-order valence-electron chi connectivity index (χ3n) is 4.36. The van der Waals surface area contributed by atoms with Gasteiger partial charge in [-0.05, 0) is 36.1 Å². The quantitative estimate of drug-likeness (QED) is 0.735. The van der Waals surface area contributed by atoms with Crippen molar-refractivity contribution in [3.05, 3.63) is 65.2 Å². The van der Waals surface area contributed by atoms with Gasteiger partial charge in [0.25, 0.3) is 0 Å². The van der Waals surface area contributed by atoms with Crippen LogP contribution in [0, 0.1) is 0 Å². The van der Waals surface area contributed by atoms with E-state index in [-0.39, 0.29) is 12.4 Å². The van der Waals surface area contributed by atoms with Gasteiger partial charge in [0, 0.05) is 24.7 Å². The van der Waals surface area contributed by atoms with E-state index < -0.39 is 6.10 Å². The highest BCUT2D eigenvalue weighted by molar-refractivity contribution is 5.36. The molecule has 0 radical (unpaired) electrons. The lowest BCUT2D eigenvalue weighted by atomic mass is 10.0. The molecule has 4 heteroatoms. The molecule has 122 valence electrons. The van der Waals surface area contributed by atoms with Crippen LogP contribution in [0.4, 0.5) is 0 Å². The Labute approximate surface area is 136 Å². The van der Waals surface area contributed by atoms with E-state index >= 15 is 0 Å². The highest BCUT2D eigenvalue weighted by atomic mass is 16.3. The van der Waals surface area contributed by atoms with Crippen molar-refractivity contribution in [2.24, 2.45) is 0 Å². The molecule has 4 nitrogen and oxygen atoms in total. The van der Waals surface area contributed by atoms with Crippen molar-refractivity contribution in [3.63, 3.8) is 0 Å². The monoisotopic (exact) mass is 313 g/mol. The first-order valence-corrected chi connectivity index (χ1v) is 8.06. The van der Waals surface area contributed by atoms with Gasteiger partial charge in [-0.1, -0.05) is 36.4 Å². The van der Waals surface area contributed by atoms with Crippen molar-refractivity contribution in [2.45, 2.75) is 38.1 Å². The summed E-state index contributed by atoms with van der Waals surface area (Å²) in [4.78, 5) is 2.31. The zero-order valence-electron chi connectivity index (χ0n) is 13.1. The minimum atomic E-state index is -0.634. The molecule has 3 N–H and O–H groups in total. The second-order valence-corrected chi connectivity index (χ2v) is 6.21. The first-order chi connectivity index (χ1) is 11.2. The van der Waals surface area contributed by atoms with Crippen molar-refractivity contribution in [1.29, 1.82) is 0 Å². The Morgan fingerprint density at radius 2 is 1.83 bits per heavy atom. The summed E-state index contributed by atoms with van der Waals surface area (Å²) >= 11 is 0. The second-order valence-electron chi connectivity index (χ2n) is 6.21. The number of hydrogen-bond donors (Lipinski definition) is 3. The molecular formula is C19H23NO3. The summed E-state index contributed by atoms with van der Waals surface area (Å²) in [6.45, 7) is 1.14. The molecule has 1 fully saturated rings. The van der Waals surface area contributed by atoms with Crippen molar-refractivity contribution in [1.82, 2.24) is 4.90 Å². The van der Waals surface area contributed by atoms with E-state index in [1.807, 2.05) is 18.2 Å². The number of aliphatic hydroxyl groups excluding tert-OH is 2. The number of phenols is 1. The zero-order valence-corrected chi connectivity index (χ0v) is 13.1. The number of hydrogen-bond acceptors (Lipinski definition) is 4. The molecule has 0 bridgehead atoms. The summed E-state index contributed by atoms with van der Waals surface area (Å²) in [6.07, 6.45) is 1.72. The Hall–Kier alpha value is -1.88. The normalized spacial score (nSPS) is 15.8. The summed E-state index contributed by atoms with van der Waals surface area (Å²) in [7, 11) is 0. The lowest BCUT2D eigenvalue weighted by molar-refractivity contribution is 0.104. The van der Waals surface area contributed by atoms with Crippen LogP contribution in [0.15, 0.2) is 48.5 Å². The van der Waals surface area contributed by atoms with Crippen molar-refractivity contribution < 1.29 is 15.3 Å². The van der Waals surface area contributed by atoms with E-state index in [2.05, 4.69) is 17.0 Å². The van der Waals surface area contributed by atoms with Gasteiger partial charge in [-0.25, -0.2) is 0 Å². The van der Waals surface area contributed by atoms with Crippen LogP contribution in [0.1, 0.15) is 35.6 Å². The zero-order chi connectivity index (χ0) is 16.2. The average Bonchev–Trinajstić information content (AvgIpc) is 3.40. The van der Waals surface area contributed by atoms with E-state index in [1.54, 1.807) is 12.1 Å². The molecule has 0 heterocycles. The summed E-state index contributed by atoms with van der Waals surface area (Å²) in [5.74, 6) is 0.0618. The Balaban J connectivity index is 1.70. The van der Waals surface area contributed by atoms with Gasteiger partial charge in [0.2, 0.25) is 0 Å². The topological polar surface area (TPSA) is 63.9 Å². The van der Waals surface area contributed by atoms with Gasteiger partial charge in [0.1, 0.15) is 5.75 Å². The van der Waals surface area contributed by atoms with E-state index in [4.69, 9.17) is 0 Å². The maximum atomic E-state index is 10.6. The molecule has 0 saturated heterocycles. The van der Waals surface area contributed by atoms with E-state index in [0.29, 0.717) is 18.2 Å². The summed E-state index contributed by atoms with van der Waals surface area (Å²) < 4.78 is 0. The van der Waals surface area contributed by atoms with Gasteiger partial charge in [-0.15, -0.1) is 0 Å². The third kappa shape index (κ3) is 4.10. The molecule has 1 aliphatic carbocycles. The van der Waals surface area contributed by atoms with Crippen LogP contribution in [0.2, 0.25) is 0 Å². The summed E-state index contributed by atoms with van der Waals surface area (Å²) in [5.41, 5.74) is 2.42. The smallest absolute Gasteiger partial charge is 0.121 e. The molecule has 1 unspecified atom stereocenters. The van der Waals surface area contributed by atoms with Crippen LogP contribution in [0.5, 0.6) is 5.75 Å². The number of aromatic hydroxyl groups is 1. The van der Waals surface area contributed by atoms with Crippen LogP contribution in [0.25, 0.3) is 0 Å². The fourth-order valence-corrected chi connectivity index (χ4v) is 2.87. The standard InChI is InChI=1S/C19H23NO3/c21-13-16-10-15(6-9-18(16)22)19(23)12-20(17-7-8-17)11-14-4-2-1-3-5-14/h1-6,9-10,17,19,21-23H,7-8,11-13H2. The highest BCUT2D eigenvalue weighted by Gasteiger charge is 2.30. The molecule has 1 atom stereocenters. The molecule has 1 aliphatic rings. The van der Waals surface area contributed by atoms with Crippen LogP contribution in [-0.2, 0) is 13.2 Å². The van der Waals surface area contributed by atoms with Gasteiger partial charge in [0.15, 0.2) is 0 Å². The summed E-state index contributed by atoms with van der Waals surface area (Å²) in [6, 6.07) is 15.7. The number of nitrogens with zero attached hydrogens (tertiary/aromatic N) is 1. The van der Waals surface area contributed by atoms with Crippen molar-refractivity contribution >= 4 is 0 Å². The first kappa shape index (κ1) is 16.0. The number of aliphatic hydroxyl groups is 2. The molecule has 2 aromatic rings. The first-order valence-electron chi connectivity index (χ1n) is 8.06. The molecule has 3 rings (SSSR count). The minimum absolute atomic E-state index is 0.0618. The predicted molar refractivity (Wildman–Crippen MR) is 88.9 cm³/mol. The Morgan fingerprint density at radius 3 is 2.48 bits per heavy atom. The van der Waals surface area contributed by atoms with Gasteiger partial charge >= 0.3 is 0 Å². The Morgan fingerprint density at radius 1 is 1.09 bits per heavy atom. The predicted octanol–water partition coefficient (Wildman–Crippen LogP) is 2.58. The highest BCUT2D eigenvalue weighted by Crippen LogP contribution is 2.31. The molecule has 0 aromatic heterocycles. The van der Waals surface area contributed by atoms with Crippen LogP contribution < -0.4 is 0 Å². The Bertz CT molecular complexity index is 640. The van der Waals surface area contributed by atoms with Crippen molar-refractivity contribution in [3.8, 4) is 5.75 Å². The van der Waals surface area contributed by atoms with E-state index in [0.717, 1.165) is 12.1 Å². The molecule has 23 heavy (non-hydrogen) atoms. The third-order valence-corrected chi connectivity index (χ3v) is 4.36. The Kier molecular flexibility index (Phi) is 4.96. The maximum absolute atomic E-state index is 10.6. The molecule has 0 spiro atoms. The van der Waals surface area contributed by atoms with Gasteiger partial charge in [-0.2, -0.15) is 0 Å². The fourth-order valence-electron chi connectivity index (χ4n) is 2.87. The van der Waals surface area contributed by atoms with Gasteiger partial charge in [-0.3, -0.25) is 4.90 Å². The molecule has 2 aromatic carbocycles.